The lowest BCUT2D eigenvalue weighted by Crippen LogP contribution is -2.47. The van der Waals surface area contributed by atoms with Crippen LogP contribution < -0.4 is 15.5 Å². The number of anilines is 2. The van der Waals surface area contributed by atoms with Crippen molar-refractivity contribution in [3.8, 4) is 0 Å². The fraction of sp³-hybridized carbons (Fsp3) is 0.429. The van der Waals surface area contributed by atoms with Gasteiger partial charge in [-0.2, -0.15) is 0 Å². The molecule has 0 spiro atoms. The summed E-state index contributed by atoms with van der Waals surface area (Å²) in [6.07, 6.45) is 8.09. The third kappa shape index (κ3) is 3.25. The van der Waals surface area contributed by atoms with Crippen molar-refractivity contribution in [1.29, 1.82) is 0 Å². The highest BCUT2D eigenvalue weighted by Gasteiger charge is 2.20. The average molecular weight is 285 g/mol. The van der Waals surface area contributed by atoms with Crippen molar-refractivity contribution in [1.82, 2.24) is 19.9 Å². The first kappa shape index (κ1) is 13.7. The summed E-state index contributed by atoms with van der Waals surface area (Å²) in [6, 6.07) is 1.83. The second kappa shape index (κ2) is 6.45. The number of piperazine rings is 1. The molecule has 1 aliphatic rings. The van der Waals surface area contributed by atoms with Crippen LogP contribution in [0.15, 0.2) is 30.9 Å². The molecule has 0 amide bonds. The fourth-order valence-corrected chi connectivity index (χ4v) is 2.37. The SMILES string of the molecule is NCCc1cnc(N2CCN(c3ncccn3)CC2)nc1. The van der Waals surface area contributed by atoms with Crippen LogP contribution in [0.4, 0.5) is 11.9 Å². The monoisotopic (exact) mass is 285 g/mol. The van der Waals surface area contributed by atoms with Crippen LogP contribution in [0.25, 0.3) is 0 Å². The van der Waals surface area contributed by atoms with E-state index >= 15 is 0 Å². The van der Waals surface area contributed by atoms with E-state index in [1.54, 1.807) is 12.4 Å². The molecule has 0 saturated carbocycles. The second-order valence-electron chi connectivity index (χ2n) is 4.95. The van der Waals surface area contributed by atoms with E-state index in [0.717, 1.165) is 50.1 Å². The lowest BCUT2D eigenvalue weighted by molar-refractivity contribution is 0.627. The Morgan fingerprint density at radius 1 is 0.857 bits per heavy atom. The van der Waals surface area contributed by atoms with Gasteiger partial charge in [-0.05, 0) is 24.6 Å². The molecule has 0 unspecified atom stereocenters. The van der Waals surface area contributed by atoms with Crippen molar-refractivity contribution >= 4 is 11.9 Å². The van der Waals surface area contributed by atoms with Gasteiger partial charge in [-0.1, -0.05) is 0 Å². The minimum absolute atomic E-state index is 0.623. The molecular weight excluding hydrogens is 266 g/mol. The van der Waals surface area contributed by atoms with E-state index in [2.05, 4.69) is 29.7 Å². The number of rotatable bonds is 4. The molecule has 7 nitrogen and oxygen atoms in total. The van der Waals surface area contributed by atoms with E-state index in [0.29, 0.717) is 6.54 Å². The fourth-order valence-electron chi connectivity index (χ4n) is 2.37. The molecule has 0 bridgehead atoms. The van der Waals surface area contributed by atoms with Crippen molar-refractivity contribution in [2.24, 2.45) is 5.73 Å². The first-order chi connectivity index (χ1) is 10.4. The Morgan fingerprint density at radius 3 is 1.90 bits per heavy atom. The van der Waals surface area contributed by atoms with Gasteiger partial charge in [-0.25, -0.2) is 19.9 Å². The Balaban J connectivity index is 1.60. The van der Waals surface area contributed by atoms with Crippen LogP contribution >= 0.6 is 0 Å². The number of nitrogens with zero attached hydrogens (tertiary/aromatic N) is 6. The predicted molar refractivity (Wildman–Crippen MR) is 81.2 cm³/mol. The van der Waals surface area contributed by atoms with Crippen LogP contribution in [0, 0.1) is 0 Å². The summed E-state index contributed by atoms with van der Waals surface area (Å²) in [5, 5.41) is 0. The lowest BCUT2D eigenvalue weighted by Gasteiger charge is -2.34. The van der Waals surface area contributed by atoms with E-state index in [9.17, 15) is 0 Å². The highest BCUT2D eigenvalue weighted by molar-refractivity contribution is 5.37. The van der Waals surface area contributed by atoms with Gasteiger partial charge in [0.2, 0.25) is 11.9 Å². The lowest BCUT2D eigenvalue weighted by atomic mass is 10.2. The van der Waals surface area contributed by atoms with Gasteiger partial charge in [0.15, 0.2) is 0 Å². The van der Waals surface area contributed by atoms with Crippen molar-refractivity contribution in [2.45, 2.75) is 6.42 Å². The van der Waals surface area contributed by atoms with Gasteiger partial charge in [0.25, 0.3) is 0 Å². The first-order valence-corrected chi connectivity index (χ1v) is 7.15. The minimum Gasteiger partial charge on any atom is -0.337 e. The maximum Gasteiger partial charge on any atom is 0.225 e. The third-order valence-corrected chi connectivity index (χ3v) is 3.52. The molecule has 2 aromatic rings. The molecule has 3 rings (SSSR count). The van der Waals surface area contributed by atoms with Crippen molar-refractivity contribution < 1.29 is 0 Å². The Morgan fingerprint density at radius 2 is 1.38 bits per heavy atom. The highest BCUT2D eigenvalue weighted by Crippen LogP contribution is 2.14. The zero-order valence-electron chi connectivity index (χ0n) is 11.9. The van der Waals surface area contributed by atoms with Gasteiger partial charge in [0.05, 0.1) is 0 Å². The molecule has 2 N–H and O–H groups in total. The van der Waals surface area contributed by atoms with Crippen molar-refractivity contribution in [3.63, 3.8) is 0 Å². The summed E-state index contributed by atoms with van der Waals surface area (Å²) in [7, 11) is 0. The number of hydrogen-bond acceptors (Lipinski definition) is 7. The summed E-state index contributed by atoms with van der Waals surface area (Å²) in [4.78, 5) is 21.8. The second-order valence-corrected chi connectivity index (χ2v) is 4.95. The maximum absolute atomic E-state index is 5.53. The molecule has 2 aromatic heterocycles. The molecule has 0 aliphatic carbocycles. The van der Waals surface area contributed by atoms with Gasteiger partial charge in [0.1, 0.15) is 0 Å². The van der Waals surface area contributed by atoms with E-state index in [4.69, 9.17) is 5.73 Å². The minimum atomic E-state index is 0.623. The first-order valence-electron chi connectivity index (χ1n) is 7.15. The highest BCUT2D eigenvalue weighted by atomic mass is 15.3. The molecule has 0 aromatic carbocycles. The molecule has 110 valence electrons. The average Bonchev–Trinajstić information content (AvgIpc) is 2.57. The summed E-state index contributed by atoms with van der Waals surface area (Å²) in [6.45, 7) is 4.11. The Bertz CT molecular complexity index is 549. The molecular formula is C14H19N7. The molecule has 7 heteroatoms. The largest absolute Gasteiger partial charge is 0.337 e. The van der Waals surface area contributed by atoms with Gasteiger partial charge >= 0.3 is 0 Å². The van der Waals surface area contributed by atoms with Gasteiger partial charge in [0, 0.05) is 51.0 Å². The van der Waals surface area contributed by atoms with Crippen LogP contribution in [0.5, 0.6) is 0 Å². The Hall–Kier alpha value is -2.28. The zero-order chi connectivity index (χ0) is 14.5. The van der Waals surface area contributed by atoms with Crippen LogP contribution in [0.1, 0.15) is 5.56 Å². The van der Waals surface area contributed by atoms with E-state index in [1.165, 1.54) is 0 Å². The van der Waals surface area contributed by atoms with Crippen LogP contribution in [-0.4, -0.2) is 52.7 Å². The topological polar surface area (TPSA) is 84.1 Å². The smallest absolute Gasteiger partial charge is 0.225 e. The van der Waals surface area contributed by atoms with E-state index < -0.39 is 0 Å². The van der Waals surface area contributed by atoms with Gasteiger partial charge < -0.3 is 15.5 Å². The van der Waals surface area contributed by atoms with Gasteiger partial charge in [-0.3, -0.25) is 0 Å². The third-order valence-electron chi connectivity index (χ3n) is 3.52. The summed E-state index contributed by atoms with van der Waals surface area (Å²) < 4.78 is 0. The summed E-state index contributed by atoms with van der Waals surface area (Å²) >= 11 is 0. The van der Waals surface area contributed by atoms with Crippen LogP contribution in [0.3, 0.4) is 0 Å². The number of nitrogens with two attached hydrogens (primary N) is 1. The van der Waals surface area contributed by atoms with Gasteiger partial charge in [-0.15, -0.1) is 0 Å². The molecule has 0 radical (unpaired) electrons. The van der Waals surface area contributed by atoms with E-state index in [-0.39, 0.29) is 0 Å². The predicted octanol–water partition coefficient (Wildman–Crippen LogP) is 0.0944. The molecule has 0 atom stereocenters. The number of aromatic nitrogens is 4. The molecule has 21 heavy (non-hydrogen) atoms. The molecule has 1 aliphatic heterocycles. The standard InChI is InChI=1S/C14H19N7/c15-3-2-12-10-18-14(19-11-12)21-8-6-20(7-9-21)13-16-4-1-5-17-13/h1,4-5,10-11H,2-3,6-9,15H2. The normalized spacial score (nSPS) is 15.3. The summed E-state index contributed by atoms with van der Waals surface area (Å²) in [5.74, 6) is 1.57. The molecule has 3 heterocycles. The van der Waals surface area contributed by atoms with Crippen molar-refractivity contribution in [3.05, 3.63) is 36.4 Å². The zero-order valence-corrected chi connectivity index (χ0v) is 11.9. The Kier molecular flexibility index (Phi) is 4.20. The quantitative estimate of drug-likeness (QED) is 0.852. The van der Waals surface area contributed by atoms with Crippen LogP contribution in [0.2, 0.25) is 0 Å². The van der Waals surface area contributed by atoms with Crippen molar-refractivity contribution in [2.75, 3.05) is 42.5 Å². The number of hydrogen-bond donors (Lipinski definition) is 1. The molecule has 1 saturated heterocycles. The Labute approximate surface area is 123 Å². The summed E-state index contributed by atoms with van der Waals surface area (Å²) in [5.41, 5.74) is 6.61. The van der Waals surface area contributed by atoms with E-state index in [1.807, 2.05) is 18.5 Å². The molecule has 1 fully saturated rings. The van der Waals surface area contributed by atoms with Crippen LogP contribution in [-0.2, 0) is 6.42 Å². The maximum atomic E-state index is 5.53.